The van der Waals surface area contributed by atoms with Crippen LogP contribution in [0.5, 0.6) is 0 Å². The molecule has 2 aliphatic rings. The molecule has 3 aromatic rings. The first kappa shape index (κ1) is 19.5. The number of H-pyrrole nitrogens is 1. The fourth-order valence-electron chi connectivity index (χ4n) is 4.70. The molecule has 1 amide bonds. The Kier molecular flexibility index (Phi) is 5.41. The van der Waals surface area contributed by atoms with Crippen LogP contribution in [0.3, 0.4) is 0 Å². The Bertz CT molecular complexity index is 1030. The summed E-state index contributed by atoms with van der Waals surface area (Å²) in [6.07, 6.45) is 5.97. The maximum absolute atomic E-state index is 13.1. The van der Waals surface area contributed by atoms with Crippen molar-refractivity contribution < 1.29 is 14.6 Å². The number of hydrogen-bond donors (Lipinski definition) is 2. The first-order chi connectivity index (χ1) is 14.7. The third-order valence-corrected chi connectivity index (χ3v) is 6.26. The van der Waals surface area contributed by atoms with E-state index < -0.39 is 0 Å². The van der Waals surface area contributed by atoms with Crippen molar-refractivity contribution in [2.75, 3.05) is 52.5 Å². The first-order valence-electron chi connectivity index (χ1n) is 10.8. The number of imidazole rings is 1. The summed E-state index contributed by atoms with van der Waals surface area (Å²) in [5.74, 6) is 0.893. The van der Waals surface area contributed by atoms with E-state index in [9.17, 15) is 4.79 Å². The molecule has 9 heteroatoms. The number of ether oxygens (including phenoxy) is 1. The van der Waals surface area contributed by atoms with Crippen LogP contribution in [0.15, 0.2) is 18.5 Å². The molecule has 0 aromatic carbocycles. The van der Waals surface area contributed by atoms with Gasteiger partial charge in [-0.25, -0.2) is 9.97 Å². The van der Waals surface area contributed by atoms with Gasteiger partial charge in [-0.1, -0.05) is 0 Å². The van der Waals surface area contributed by atoms with E-state index in [0.29, 0.717) is 26.2 Å². The molecule has 0 saturated carbocycles. The topological polar surface area (TPSA) is 99.5 Å². The fourth-order valence-corrected chi connectivity index (χ4v) is 4.70. The van der Waals surface area contributed by atoms with Gasteiger partial charge >= 0.3 is 0 Å². The van der Waals surface area contributed by atoms with E-state index in [1.807, 2.05) is 17.2 Å². The minimum atomic E-state index is 0.102. The van der Waals surface area contributed by atoms with Crippen LogP contribution in [0.25, 0.3) is 22.1 Å². The molecule has 30 heavy (non-hydrogen) atoms. The van der Waals surface area contributed by atoms with E-state index in [4.69, 9.17) is 14.8 Å². The van der Waals surface area contributed by atoms with Gasteiger partial charge in [0, 0.05) is 50.9 Å². The molecule has 2 fully saturated rings. The molecule has 1 atom stereocenters. The van der Waals surface area contributed by atoms with Crippen molar-refractivity contribution in [3.05, 3.63) is 24.3 Å². The number of aliphatic hydroxyl groups is 1. The molecule has 9 nitrogen and oxygen atoms in total. The van der Waals surface area contributed by atoms with Gasteiger partial charge in [-0.2, -0.15) is 0 Å². The minimum Gasteiger partial charge on any atom is -0.395 e. The second-order valence-corrected chi connectivity index (χ2v) is 8.12. The second-order valence-electron chi connectivity index (χ2n) is 8.12. The first-order valence-corrected chi connectivity index (χ1v) is 10.8. The number of nitrogens with zero attached hydrogens (tertiary/aromatic N) is 5. The lowest BCUT2D eigenvalue weighted by molar-refractivity contribution is -0.132. The van der Waals surface area contributed by atoms with Crippen LogP contribution in [-0.4, -0.2) is 92.9 Å². The van der Waals surface area contributed by atoms with Crippen LogP contribution in [-0.2, 0) is 16.0 Å². The number of hydrogen-bond acceptors (Lipinski definition) is 6. The number of aromatic amines is 1. The normalized spacial score (nSPS) is 21.0. The highest BCUT2D eigenvalue weighted by Crippen LogP contribution is 2.31. The van der Waals surface area contributed by atoms with Gasteiger partial charge < -0.3 is 24.3 Å². The van der Waals surface area contributed by atoms with Crippen molar-refractivity contribution in [3.63, 3.8) is 0 Å². The van der Waals surface area contributed by atoms with E-state index in [-0.39, 0.29) is 25.0 Å². The Labute approximate surface area is 174 Å². The summed E-state index contributed by atoms with van der Waals surface area (Å²) in [6, 6.07) is 2.20. The summed E-state index contributed by atoms with van der Waals surface area (Å²) < 4.78 is 7.99. The highest BCUT2D eigenvalue weighted by Gasteiger charge is 2.27. The highest BCUT2D eigenvalue weighted by molar-refractivity contribution is 6.01. The van der Waals surface area contributed by atoms with Crippen LogP contribution in [0, 0.1) is 0 Å². The summed E-state index contributed by atoms with van der Waals surface area (Å²) in [4.78, 5) is 29.7. The summed E-state index contributed by atoms with van der Waals surface area (Å²) in [5, 5.41) is 10.2. The van der Waals surface area contributed by atoms with Gasteiger partial charge in [-0.3, -0.25) is 9.69 Å². The van der Waals surface area contributed by atoms with Crippen molar-refractivity contribution in [1.82, 2.24) is 29.3 Å². The van der Waals surface area contributed by atoms with Crippen molar-refractivity contribution in [1.29, 1.82) is 0 Å². The number of nitrogens with one attached hydrogen (secondary N) is 1. The minimum absolute atomic E-state index is 0.102. The number of rotatable bonds is 5. The standard InChI is InChI=1S/C21H28N6O3/c28-10-9-25-5-7-26(8-6-25)19(29)12-18-24-17-13-23-21-16(3-4-22-21)20(17)27(18)15-2-1-11-30-14-15/h3-4,13,15,28H,1-2,5-12,14H2,(H,22,23). The molecule has 0 bridgehead atoms. The van der Waals surface area contributed by atoms with Gasteiger partial charge in [-0.05, 0) is 18.9 Å². The molecule has 2 aliphatic heterocycles. The molecule has 3 aromatic heterocycles. The lowest BCUT2D eigenvalue weighted by atomic mass is 10.1. The predicted octanol–water partition coefficient (Wildman–Crippen LogP) is 0.943. The molecule has 5 heterocycles. The van der Waals surface area contributed by atoms with Gasteiger partial charge in [0.05, 0.1) is 37.4 Å². The van der Waals surface area contributed by atoms with Gasteiger partial charge in [0.15, 0.2) is 0 Å². The number of aromatic nitrogens is 4. The van der Waals surface area contributed by atoms with E-state index in [2.05, 4.69) is 19.4 Å². The Morgan fingerprint density at radius 2 is 2.17 bits per heavy atom. The van der Waals surface area contributed by atoms with Crippen molar-refractivity contribution in [3.8, 4) is 0 Å². The maximum atomic E-state index is 13.1. The summed E-state index contributed by atoms with van der Waals surface area (Å²) >= 11 is 0. The largest absolute Gasteiger partial charge is 0.395 e. The van der Waals surface area contributed by atoms with Gasteiger partial charge in [-0.15, -0.1) is 0 Å². The molecule has 1 unspecified atom stereocenters. The van der Waals surface area contributed by atoms with E-state index in [1.165, 1.54) is 0 Å². The van der Waals surface area contributed by atoms with Crippen LogP contribution >= 0.6 is 0 Å². The van der Waals surface area contributed by atoms with Crippen LogP contribution < -0.4 is 0 Å². The van der Waals surface area contributed by atoms with Gasteiger partial charge in [0.2, 0.25) is 5.91 Å². The molecule has 0 spiro atoms. The van der Waals surface area contributed by atoms with E-state index >= 15 is 0 Å². The number of fused-ring (bicyclic) bond motifs is 3. The van der Waals surface area contributed by atoms with Crippen LogP contribution in [0.2, 0.25) is 0 Å². The maximum Gasteiger partial charge on any atom is 0.230 e. The molecule has 0 radical (unpaired) electrons. The van der Waals surface area contributed by atoms with E-state index in [1.54, 1.807) is 6.20 Å². The quantitative estimate of drug-likeness (QED) is 0.647. The smallest absolute Gasteiger partial charge is 0.230 e. The number of carbonyl (C=O) groups excluding carboxylic acids is 1. The number of piperazine rings is 1. The number of β-amino-alcohol motifs (C(OH)–C–C–N with tert-alkyl or cyclic N) is 1. The van der Waals surface area contributed by atoms with E-state index in [0.717, 1.165) is 60.4 Å². The Morgan fingerprint density at radius 1 is 1.30 bits per heavy atom. The van der Waals surface area contributed by atoms with Crippen LogP contribution in [0.4, 0.5) is 0 Å². The zero-order valence-electron chi connectivity index (χ0n) is 17.1. The molecule has 5 rings (SSSR count). The Hall–Kier alpha value is -2.49. The monoisotopic (exact) mass is 412 g/mol. The molecular weight excluding hydrogens is 384 g/mol. The predicted molar refractivity (Wildman–Crippen MR) is 112 cm³/mol. The lowest BCUT2D eigenvalue weighted by Crippen LogP contribution is -2.49. The molecule has 2 saturated heterocycles. The second kappa shape index (κ2) is 8.33. The number of pyridine rings is 1. The molecule has 0 aliphatic carbocycles. The van der Waals surface area contributed by atoms with Crippen LogP contribution in [0.1, 0.15) is 24.7 Å². The zero-order chi connectivity index (χ0) is 20.5. The van der Waals surface area contributed by atoms with Crippen molar-refractivity contribution in [2.24, 2.45) is 0 Å². The molecule has 160 valence electrons. The third kappa shape index (κ3) is 3.57. The lowest BCUT2D eigenvalue weighted by Gasteiger charge is -2.34. The highest BCUT2D eigenvalue weighted by atomic mass is 16.5. The number of aliphatic hydroxyl groups excluding tert-OH is 1. The summed E-state index contributed by atoms with van der Waals surface area (Å²) in [5.41, 5.74) is 2.69. The third-order valence-electron chi connectivity index (χ3n) is 6.26. The number of amides is 1. The summed E-state index contributed by atoms with van der Waals surface area (Å²) in [6.45, 7) is 5.23. The van der Waals surface area contributed by atoms with Crippen molar-refractivity contribution >= 4 is 28.0 Å². The molecular formula is C21H28N6O3. The fraction of sp³-hybridized carbons (Fsp3) is 0.571. The Morgan fingerprint density at radius 3 is 2.93 bits per heavy atom. The summed E-state index contributed by atoms with van der Waals surface area (Å²) in [7, 11) is 0. The van der Waals surface area contributed by atoms with Gasteiger partial charge in [0.25, 0.3) is 0 Å². The zero-order valence-corrected chi connectivity index (χ0v) is 17.1. The average Bonchev–Trinajstić information content (AvgIpc) is 3.39. The number of carbonyl (C=O) groups is 1. The SMILES string of the molecule is O=C(Cc1nc2cnc3[nH]ccc3c2n1C1CCCOC1)N1CCN(CCO)CC1. The molecule has 2 N–H and O–H groups in total. The Balaban J connectivity index is 1.45. The van der Waals surface area contributed by atoms with Gasteiger partial charge in [0.1, 0.15) is 17.0 Å². The van der Waals surface area contributed by atoms with Crippen molar-refractivity contribution in [2.45, 2.75) is 25.3 Å². The average molecular weight is 412 g/mol.